The van der Waals surface area contributed by atoms with E-state index in [-0.39, 0.29) is 33.9 Å². The summed E-state index contributed by atoms with van der Waals surface area (Å²) in [5.41, 5.74) is 6.56. The van der Waals surface area contributed by atoms with Crippen LogP contribution in [0, 0.1) is 5.82 Å². The fourth-order valence-corrected chi connectivity index (χ4v) is 3.48. The predicted octanol–water partition coefficient (Wildman–Crippen LogP) is 0.744. The van der Waals surface area contributed by atoms with Gasteiger partial charge in [0.1, 0.15) is 5.82 Å². The first kappa shape index (κ1) is 18.7. The molecule has 0 bridgehead atoms. The number of amidine groups is 1. The van der Waals surface area contributed by atoms with Crippen molar-refractivity contribution in [2.45, 2.75) is 24.9 Å². The fourth-order valence-electron chi connectivity index (χ4n) is 2.46. The number of aliphatic imine (C=N–C) groups is 1. The van der Waals surface area contributed by atoms with Crippen molar-refractivity contribution in [2.75, 3.05) is 5.32 Å². The number of hydrogen-bond donors (Lipinski definition) is 4. The van der Waals surface area contributed by atoms with Crippen LogP contribution in [0.15, 0.2) is 32.3 Å². The molecule has 0 unspecified atom stereocenters. The largest absolute Gasteiger partial charge is 0.382 e. The Balaban J connectivity index is 1.67. The maximum atomic E-state index is 13.3. The minimum absolute atomic E-state index is 0.0331. The predicted molar refractivity (Wildman–Crippen MR) is 95.5 cm³/mol. The highest BCUT2D eigenvalue weighted by Gasteiger charge is 2.32. The molecule has 0 spiro atoms. The number of anilines is 1. The molecule has 10 nitrogen and oxygen atoms in total. The summed E-state index contributed by atoms with van der Waals surface area (Å²) in [7, 11) is -3.73. The summed E-state index contributed by atoms with van der Waals surface area (Å²) in [5.74, 6) is -0.0992. The summed E-state index contributed by atoms with van der Waals surface area (Å²) >= 11 is 3.07. The van der Waals surface area contributed by atoms with Gasteiger partial charge in [0.25, 0.3) is 10.2 Å². The molecule has 0 atom stereocenters. The first-order chi connectivity index (χ1) is 12.2. The summed E-state index contributed by atoms with van der Waals surface area (Å²) in [5, 5.41) is 15.4. The second-order valence-electron chi connectivity index (χ2n) is 5.73. The van der Waals surface area contributed by atoms with Crippen molar-refractivity contribution in [2.24, 2.45) is 15.9 Å². The summed E-state index contributed by atoms with van der Waals surface area (Å²) in [4.78, 5) is 4.17. The minimum Gasteiger partial charge on any atom is -0.382 e. The SMILES string of the molecule is NC(=Nc1ccc(F)c(Br)c1)c1nonc1NC1CC(NS(N)(=O)=O)C1. The standard InChI is InChI=1S/C13H15BrFN7O3S/c14-9-5-6(1-2-10(9)15)18-12(16)11-13(21-25-20-11)19-7-3-8(4-7)22-26(17,23)24/h1-2,5,7-8,22H,3-4H2,(H2,16,18)(H,19,21)(H2,17,23,24). The van der Waals surface area contributed by atoms with Gasteiger partial charge in [0.15, 0.2) is 11.5 Å². The third-order valence-corrected chi connectivity index (χ3v) is 4.96. The second-order valence-corrected chi connectivity index (χ2v) is 7.91. The average molecular weight is 448 g/mol. The Morgan fingerprint density at radius 3 is 2.73 bits per heavy atom. The highest BCUT2D eigenvalue weighted by Crippen LogP contribution is 2.26. The monoisotopic (exact) mass is 447 g/mol. The molecule has 0 amide bonds. The molecule has 1 aromatic heterocycles. The molecule has 2 aromatic rings. The van der Waals surface area contributed by atoms with Crippen molar-refractivity contribution in [3.63, 3.8) is 0 Å². The van der Waals surface area contributed by atoms with E-state index in [1.165, 1.54) is 18.2 Å². The molecule has 6 N–H and O–H groups in total. The number of nitrogens with zero attached hydrogens (tertiary/aromatic N) is 3. The molecule has 26 heavy (non-hydrogen) atoms. The lowest BCUT2D eigenvalue weighted by Crippen LogP contribution is -2.51. The molecule has 0 saturated heterocycles. The summed E-state index contributed by atoms with van der Waals surface area (Å²) in [6.45, 7) is 0. The number of hydrogen-bond acceptors (Lipinski definition) is 7. The van der Waals surface area contributed by atoms with Crippen LogP contribution in [0.2, 0.25) is 0 Å². The van der Waals surface area contributed by atoms with Crippen LogP contribution in [-0.2, 0) is 10.2 Å². The van der Waals surface area contributed by atoms with E-state index in [1.54, 1.807) is 0 Å². The van der Waals surface area contributed by atoms with E-state index in [0.717, 1.165) is 0 Å². The van der Waals surface area contributed by atoms with Crippen LogP contribution in [0.1, 0.15) is 18.5 Å². The molecule has 1 heterocycles. The van der Waals surface area contributed by atoms with Gasteiger partial charge in [-0.3, -0.25) is 0 Å². The molecule has 0 radical (unpaired) electrons. The lowest BCUT2D eigenvalue weighted by molar-refractivity contribution is 0.304. The van der Waals surface area contributed by atoms with Crippen LogP contribution in [0.25, 0.3) is 0 Å². The van der Waals surface area contributed by atoms with Crippen LogP contribution in [0.3, 0.4) is 0 Å². The molecule has 13 heteroatoms. The third kappa shape index (κ3) is 4.55. The van der Waals surface area contributed by atoms with Crippen molar-refractivity contribution in [1.29, 1.82) is 0 Å². The molecule has 1 saturated carbocycles. The summed E-state index contributed by atoms with van der Waals surface area (Å²) < 4.78 is 42.5. The summed E-state index contributed by atoms with van der Waals surface area (Å²) in [6, 6.07) is 3.89. The normalized spacial score (nSPS) is 20.7. The lowest BCUT2D eigenvalue weighted by atomic mass is 9.87. The zero-order valence-electron chi connectivity index (χ0n) is 13.2. The molecule has 1 fully saturated rings. The van der Waals surface area contributed by atoms with Crippen molar-refractivity contribution >= 4 is 43.5 Å². The van der Waals surface area contributed by atoms with Crippen LogP contribution >= 0.6 is 15.9 Å². The van der Waals surface area contributed by atoms with Crippen LogP contribution in [-0.4, -0.2) is 36.7 Å². The Labute approximate surface area is 156 Å². The Hall–Kier alpha value is -2.09. The van der Waals surface area contributed by atoms with E-state index in [0.29, 0.717) is 18.5 Å². The Bertz CT molecular complexity index is 943. The molecule has 1 aliphatic carbocycles. The number of benzene rings is 1. The van der Waals surface area contributed by atoms with Gasteiger partial charge in [-0.2, -0.15) is 13.1 Å². The maximum Gasteiger partial charge on any atom is 0.274 e. The molecule has 0 aliphatic heterocycles. The van der Waals surface area contributed by atoms with E-state index in [1.807, 2.05) is 0 Å². The van der Waals surface area contributed by atoms with Crippen molar-refractivity contribution in [3.8, 4) is 0 Å². The van der Waals surface area contributed by atoms with Crippen LogP contribution in [0.5, 0.6) is 0 Å². The van der Waals surface area contributed by atoms with Gasteiger partial charge >= 0.3 is 0 Å². The Morgan fingerprint density at radius 2 is 2.08 bits per heavy atom. The van der Waals surface area contributed by atoms with Gasteiger partial charge in [0.05, 0.1) is 10.2 Å². The molecule has 1 aliphatic rings. The van der Waals surface area contributed by atoms with E-state index < -0.39 is 16.0 Å². The van der Waals surface area contributed by atoms with E-state index in [4.69, 9.17) is 15.5 Å². The number of nitrogens with two attached hydrogens (primary N) is 2. The van der Waals surface area contributed by atoms with Gasteiger partial charge in [-0.25, -0.2) is 19.2 Å². The van der Waals surface area contributed by atoms with Gasteiger partial charge < -0.3 is 11.1 Å². The van der Waals surface area contributed by atoms with Gasteiger partial charge in [-0.05, 0) is 57.3 Å². The minimum atomic E-state index is -3.73. The van der Waals surface area contributed by atoms with E-state index >= 15 is 0 Å². The first-order valence-electron chi connectivity index (χ1n) is 7.40. The quantitative estimate of drug-likeness (QED) is 0.374. The Morgan fingerprint density at radius 1 is 1.35 bits per heavy atom. The zero-order valence-corrected chi connectivity index (χ0v) is 15.6. The molecular formula is C13H15BrFN7O3S. The topological polar surface area (TPSA) is 162 Å². The van der Waals surface area contributed by atoms with Crippen LogP contribution < -0.4 is 20.9 Å². The molecular weight excluding hydrogens is 433 g/mol. The van der Waals surface area contributed by atoms with E-state index in [9.17, 15) is 12.8 Å². The lowest BCUT2D eigenvalue weighted by Gasteiger charge is -2.35. The zero-order chi connectivity index (χ0) is 18.9. The van der Waals surface area contributed by atoms with Gasteiger partial charge in [-0.15, -0.1) is 0 Å². The first-order valence-corrected chi connectivity index (χ1v) is 9.74. The number of halogens is 2. The number of nitrogens with one attached hydrogen (secondary N) is 2. The molecule has 1 aromatic carbocycles. The highest BCUT2D eigenvalue weighted by molar-refractivity contribution is 9.10. The van der Waals surface area contributed by atoms with Gasteiger partial charge in [0, 0.05) is 12.1 Å². The molecule has 3 rings (SSSR count). The fraction of sp³-hybridized carbons (Fsp3) is 0.308. The smallest absolute Gasteiger partial charge is 0.274 e. The Kier molecular flexibility index (Phi) is 5.22. The van der Waals surface area contributed by atoms with Crippen molar-refractivity contribution in [3.05, 3.63) is 34.2 Å². The van der Waals surface area contributed by atoms with Gasteiger partial charge in [0.2, 0.25) is 5.82 Å². The maximum absolute atomic E-state index is 13.3. The van der Waals surface area contributed by atoms with Crippen molar-refractivity contribution < 1.29 is 17.4 Å². The number of aromatic nitrogens is 2. The second kappa shape index (κ2) is 7.26. The number of rotatable bonds is 6. The van der Waals surface area contributed by atoms with Crippen molar-refractivity contribution in [1.82, 2.24) is 15.0 Å². The highest BCUT2D eigenvalue weighted by atomic mass is 79.9. The van der Waals surface area contributed by atoms with Crippen LogP contribution in [0.4, 0.5) is 15.9 Å². The summed E-state index contributed by atoms with van der Waals surface area (Å²) in [6.07, 6.45) is 1.04. The van der Waals surface area contributed by atoms with E-state index in [2.05, 4.69) is 41.3 Å². The average Bonchev–Trinajstić information content (AvgIpc) is 2.96. The van der Waals surface area contributed by atoms with Gasteiger partial charge in [-0.1, -0.05) is 0 Å². The third-order valence-electron chi connectivity index (χ3n) is 3.69. The molecule has 140 valence electrons.